The lowest BCUT2D eigenvalue weighted by atomic mass is 10.4. The third kappa shape index (κ3) is 2.92. The van der Waals surface area contributed by atoms with Crippen LogP contribution < -0.4 is 0 Å². The minimum Gasteiger partial charge on any atom is -0.381 e. The number of rotatable bonds is 7. The van der Waals surface area contributed by atoms with Crippen LogP contribution >= 0.6 is 11.6 Å². The summed E-state index contributed by atoms with van der Waals surface area (Å²) >= 11 is 5.98. The molecule has 0 saturated carbocycles. The van der Waals surface area contributed by atoms with E-state index in [9.17, 15) is 0 Å². The van der Waals surface area contributed by atoms with Crippen LogP contribution in [0.25, 0.3) is 11.2 Å². The maximum Gasteiger partial charge on any atom is 0.158 e. The van der Waals surface area contributed by atoms with Crippen molar-refractivity contribution in [2.75, 3.05) is 13.2 Å². The summed E-state index contributed by atoms with van der Waals surface area (Å²) in [5, 5.41) is 4.40. The van der Waals surface area contributed by atoms with Crippen LogP contribution in [0.3, 0.4) is 0 Å². The van der Waals surface area contributed by atoms with Crippen LogP contribution in [0.4, 0.5) is 0 Å². The number of nitrogens with zero attached hydrogens (tertiary/aromatic N) is 4. The zero-order valence-corrected chi connectivity index (χ0v) is 12.6. The largest absolute Gasteiger partial charge is 0.381 e. The molecule has 0 aliphatic heterocycles. The van der Waals surface area contributed by atoms with Crippen molar-refractivity contribution in [2.45, 2.75) is 39.1 Å². The summed E-state index contributed by atoms with van der Waals surface area (Å²) < 4.78 is 9.54. The van der Waals surface area contributed by atoms with Gasteiger partial charge in [0.25, 0.3) is 0 Å². The molecule has 6 heteroatoms. The Kier molecular flexibility index (Phi) is 4.82. The SMILES string of the molecule is CCCOCCCn1c(CCl)nc2c(C)nn(C)c21. The zero-order chi connectivity index (χ0) is 13.8. The number of halogens is 1. The van der Waals surface area contributed by atoms with E-state index in [1.165, 1.54) is 0 Å². The molecule has 0 bridgehead atoms. The summed E-state index contributed by atoms with van der Waals surface area (Å²) in [6.07, 6.45) is 2.02. The smallest absolute Gasteiger partial charge is 0.158 e. The van der Waals surface area contributed by atoms with E-state index in [1.807, 2.05) is 18.7 Å². The average Bonchev–Trinajstić information content (AvgIpc) is 2.89. The highest BCUT2D eigenvalue weighted by Crippen LogP contribution is 2.20. The number of hydrogen-bond donors (Lipinski definition) is 0. The van der Waals surface area contributed by atoms with Crippen molar-refractivity contribution < 1.29 is 4.74 Å². The summed E-state index contributed by atoms with van der Waals surface area (Å²) in [6.45, 7) is 6.55. The molecule has 19 heavy (non-hydrogen) atoms. The van der Waals surface area contributed by atoms with Gasteiger partial charge in [0.05, 0.1) is 11.6 Å². The molecule has 0 radical (unpaired) electrons. The normalized spacial score (nSPS) is 11.6. The van der Waals surface area contributed by atoms with Crippen molar-refractivity contribution in [1.29, 1.82) is 0 Å². The van der Waals surface area contributed by atoms with Gasteiger partial charge in [0.1, 0.15) is 11.3 Å². The fourth-order valence-electron chi connectivity index (χ4n) is 2.29. The second-order valence-electron chi connectivity index (χ2n) is 4.66. The minimum atomic E-state index is 0.421. The Bertz CT molecular complexity index is 546. The van der Waals surface area contributed by atoms with E-state index >= 15 is 0 Å². The number of aryl methyl sites for hydroxylation is 3. The molecule has 2 rings (SSSR count). The number of aromatic nitrogens is 4. The number of ether oxygens (including phenoxy) is 1. The molecule has 0 aliphatic carbocycles. The van der Waals surface area contributed by atoms with E-state index in [4.69, 9.17) is 16.3 Å². The zero-order valence-electron chi connectivity index (χ0n) is 11.8. The maximum absolute atomic E-state index is 5.98. The van der Waals surface area contributed by atoms with Crippen molar-refractivity contribution >= 4 is 22.8 Å². The highest BCUT2D eigenvalue weighted by molar-refractivity contribution is 6.16. The van der Waals surface area contributed by atoms with Gasteiger partial charge in [-0.3, -0.25) is 4.68 Å². The van der Waals surface area contributed by atoms with Gasteiger partial charge >= 0.3 is 0 Å². The van der Waals surface area contributed by atoms with Gasteiger partial charge < -0.3 is 9.30 Å². The van der Waals surface area contributed by atoms with Crippen LogP contribution in [0.2, 0.25) is 0 Å². The molecule has 0 N–H and O–H groups in total. The topological polar surface area (TPSA) is 44.9 Å². The van der Waals surface area contributed by atoms with Crippen molar-refractivity contribution in [1.82, 2.24) is 19.3 Å². The lowest BCUT2D eigenvalue weighted by Gasteiger charge is -2.08. The van der Waals surface area contributed by atoms with Crippen molar-refractivity contribution in [3.63, 3.8) is 0 Å². The molecule has 0 spiro atoms. The molecule has 0 aliphatic rings. The fraction of sp³-hybridized carbons (Fsp3) is 0.692. The lowest BCUT2D eigenvalue weighted by Crippen LogP contribution is -2.09. The lowest BCUT2D eigenvalue weighted by molar-refractivity contribution is 0.129. The Balaban J connectivity index is 2.15. The van der Waals surface area contributed by atoms with Gasteiger partial charge in [0, 0.05) is 26.8 Å². The summed E-state index contributed by atoms with van der Waals surface area (Å²) in [5.41, 5.74) is 2.95. The average molecular weight is 285 g/mol. The molecule has 0 aromatic carbocycles. The van der Waals surface area contributed by atoms with Gasteiger partial charge in [-0.1, -0.05) is 6.92 Å². The van der Waals surface area contributed by atoms with Gasteiger partial charge in [-0.2, -0.15) is 5.10 Å². The summed E-state index contributed by atoms with van der Waals surface area (Å²) in [5.74, 6) is 1.33. The number of alkyl halides is 1. The number of hydrogen-bond acceptors (Lipinski definition) is 3. The first-order valence-corrected chi connectivity index (χ1v) is 7.24. The molecular formula is C13H21ClN4O. The molecule has 5 nitrogen and oxygen atoms in total. The van der Waals surface area contributed by atoms with Crippen LogP contribution in [0.5, 0.6) is 0 Å². The van der Waals surface area contributed by atoms with E-state index in [0.29, 0.717) is 5.88 Å². The van der Waals surface area contributed by atoms with Crippen LogP contribution in [0.1, 0.15) is 31.3 Å². The summed E-state index contributed by atoms with van der Waals surface area (Å²) in [7, 11) is 1.94. The maximum atomic E-state index is 5.98. The Morgan fingerprint density at radius 2 is 2.11 bits per heavy atom. The fourth-order valence-corrected chi connectivity index (χ4v) is 2.49. The predicted molar refractivity (Wildman–Crippen MR) is 76.5 cm³/mol. The monoisotopic (exact) mass is 284 g/mol. The molecule has 0 unspecified atom stereocenters. The standard InChI is InChI=1S/C13H21ClN4O/c1-4-7-19-8-5-6-18-11(9-14)15-12-10(2)16-17(3)13(12)18/h4-9H2,1-3H3. The van der Waals surface area contributed by atoms with E-state index in [-0.39, 0.29) is 0 Å². The predicted octanol–water partition coefficient (Wildman–Crippen LogP) is 2.63. The molecule has 106 valence electrons. The number of fused-ring (bicyclic) bond motifs is 1. The Morgan fingerprint density at radius 3 is 2.79 bits per heavy atom. The highest BCUT2D eigenvalue weighted by atomic mass is 35.5. The van der Waals surface area contributed by atoms with Crippen LogP contribution in [-0.2, 0) is 24.2 Å². The van der Waals surface area contributed by atoms with E-state index in [2.05, 4.69) is 21.6 Å². The third-order valence-corrected chi connectivity index (χ3v) is 3.35. The van der Waals surface area contributed by atoms with Crippen molar-refractivity contribution in [2.24, 2.45) is 7.05 Å². The first kappa shape index (κ1) is 14.3. The van der Waals surface area contributed by atoms with Crippen molar-refractivity contribution in [3.05, 3.63) is 11.5 Å². The van der Waals surface area contributed by atoms with Crippen LogP contribution in [-0.4, -0.2) is 32.5 Å². The molecule has 0 fully saturated rings. The van der Waals surface area contributed by atoms with Gasteiger partial charge in [-0.15, -0.1) is 11.6 Å². The first-order chi connectivity index (χ1) is 9.19. The van der Waals surface area contributed by atoms with E-state index < -0.39 is 0 Å². The summed E-state index contributed by atoms with van der Waals surface area (Å²) in [6, 6.07) is 0. The Hall–Kier alpha value is -1.07. The molecule has 0 atom stereocenters. The van der Waals surface area contributed by atoms with Crippen LogP contribution in [0.15, 0.2) is 0 Å². The second kappa shape index (κ2) is 6.39. The van der Waals surface area contributed by atoms with Gasteiger partial charge in [0.2, 0.25) is 0 Å². The second-order valence-corrected chi connectivity index (χ2v) is 4.93. The Morgan fingerprint density at radius 1 is 1.32 bits per heavy atom. The number of imidazole rings is 1. The first-order valence-electron chi connectivity index (χ1n) is 6.71. The summed E-state index contributed by atoms with van der Waals surface area (Å²) in [4.78, 5) is 4.57. The van der Waals surface area contributed by atoms with Gasteiger partial charge in [0.15, 0.2) is 5.65 Å². The van der Waals surface area contributed by atoms with Gasteiger partial charge in [-0.25, -0.2) is 4.98 Å². The highest BCUT2D eigenvalue weighted by Gasteiger charge is 2.16. The molecule has 0 saturated heterocycles. The minimum absolute atomic E-state index is 0.421. The van der Waals surface area contributed by atoms with Crippen LogP contribution in [0, 0.1) is 6.92 Å². The molecule has 2 aromatic heterocycles. The molecule has 0 amide bonds. The van der Waals surface area contributed by atoms with E-state index in [0.717, 1.165) is 55.3 Å². The van der Waals surface area contributed by atoms with Crippen molar-refractivity contribution in [3.8, 4) is 0 Å². The Labute approximate surface area is 118 Å². The van der Waals surface area contributed by atoms with E-state index in [1.54, 1.807) is 0 Å². The third-order valence-electron chi connectivity index (χ3n) is 3.11. The van der Waals surface area contributed by atoms with Gasteiger partial charge in [-0.05, 0) is 19.8 Å². The molecular weight excluding hydrogens is 264 g/mol. The quantitative estimate of drug-likeness (QED) is 0.580. The molecule has 2 aromatic rings. The molecule has 2 heterocycles.